The molecule has 0 aliphatic rings. The van der Waals surface area contributed by atoms with E-state index in [0.29, 0.717) is 5.65 Å². The molecule has 0 saturated heterocycles. The highest BCUT2D eigenvalue weighted by Crippen LogP contribution is 2.30. The van der Waals surface area contributed by atoms with Crippen molar-refractivity contribution in [1.82, 2.24) is 14.6 Å². The second-order valence-corrected chi connectivity index (χ2v) is 9.60. The van der Waals surface area contributed by atoms with Crippen LogP contribution in [0.4, 0.5) is 17.1 Å². The standard InChI is InChI=1S/C30H45N5O/c1-7-12-15-18-27-28(31-25-20-19-23(21-22(25)6)34(10-4)11-5)29-32-26(17-14-9-3)24(16-13-8-2)30(36)35(29)33-27/h15,18-21,31,33H,7-14,16-17H2,1-6H3. The molecule has 0 amide bonds. The van der Waals surface area contributed by atoms with E-state index in [1.54, 1.807) is 4.52 Å². The van der Waals surface area contributed by atoms with Crippen molar-refractivity contribution in [3.05, 3.63) is 57.1 Å². The first-order valence-electron chi connectivity index (χ1n) is 13.9. The molecule has 3 rings (SSSR count). The number of unbranched alkanes of at least 4 members (excludes halogenated alkanes) is 3. The molecule has 0 unspecified atom stereocenters. The van der Waals surface area contributed by atoms with Crippen LogP contribution in [-0.4, -0.2) is 27.7 Å². The minimum absolute atomic E-state index is 0.0337. The molecular formula is C30H45N5O. The Morgan fingerprint density at radius 3 is 2.39 bits per heavy atom. The van der Waals surface area contributed by atoms with Crippen LogP contribution < -0.4 is 15.8 Å². The lowest BCUT2D eigenvalue weighted by Gasteiger charge is -2.22. The summed E-state index contributed by atoms with van der Waals surface area (Å²) >= 11 is 0. The fourth-order valence-electron chi connectivity index (χ4n) is 4.64. The predicted octanol–water partition coefficient (Wildman–Crippen LogP) is 7.42. The average Bonchev–Trinajstić information content (AvgIpc) is 3.22. The van der Waals surface area contributed by atoms with Crippen molar-refractivity contribution in [2.45, 2.75) is 92.9 Å². The minimum Gasteiger partial charge on any atom is -0.372 e. The van der Waals surface area contributed by atoms with Gasteiger partial charge in [-0.2, -0.15) is 4.52 Å². The van der Waals surface area contributed by atoms with Crippen molar-refractivity contribution in [3.8, 4) is 0 Å². The summed E-state index contributed by atoms with van der Waals surface area (Å²) in [4.78, 5) is 21.1. The average molecular weight is 492 g/mol. The predicted molar refractivity (Wildman–Crippen MR) is 155 cm³/mol. The van der Waals surface area contributed by atoms with Gasteiger partial charge < -0.3 is 10.2 Å². The molecule has 1 aromatic carbocycles. The smallest absolute Gasteiger partial charge is 0.276 e. The quantitative estimate of drug-likeness (QED) is 0.246. The van der Waals surface area contributed by atoms with Gasteiger partial charge in [-0.05, 0) is 82.7 Å². The van der Waals surface area contributed by atoms with Crippen LogP contribution in [0.15, 0.2) is 29.1 Å². The lowest BCUT2D eigenvalue weighted by Crippen LogP contribution is -2.23. The Balaban J connectivity index is 2.15. The Bertz CT molecular complexity index is 1220. The molecule has 0 aliphatic carbocycles. The normalized spacial score (nSPS) is 11.6. The van der Waals surface area contributed by atoms with Gasteiger partial charge in [-0.15, -0.1) is 0 Å². The molecule has 2 N–H and O–H groups in total. The van der Waals surface area contributed by atoms with Crippen molar-refractivity contribution in [2.75, 3.05) is 23.3 Å². The Morgan fingerprint density at radius 1 is 1.03 bits per heavy atom. The van der Waals surface area contributed by atoms with Gasteiger partial charge in [0.2, 0.25) is 0 Å². The fraction of sp³-hybridized carbons (Fsp3) is 0.533. The number of benzene rings is 1. The number of fused-ring (bicyclic) bond motifs is 1. The van der Waals surface area contributed by atoms with Gasteiger partial charge >= 0.3 is 0 Å². The second kappa shape index (κ2) is 13.3. The Morgan fingerprint density at radius 2 is 1.75 bits per heavy atom. The molecule has 0 spiro atoms. The highest BCUT2D eigenvalue weighted by atomic mass is 16.1. The highest BCUT2D eigenvalue weighted by Gasteiger charge is 2.19. The molecule has 0 bridgehead atoms. The van der Waals surface area contributed by atoms with E-state index < -0.39 is 0 Å². The zero-order chi connectivity index (χ0) is 26.1. The number of anilines is 3. The Kier molecular flexibility index (Phi) is 10.2. The van der Waals surface area contributed by atoms with Crippen LogP contribution >= 0.6 is 0 Å². The largest absolute Gasteiger partial charge is 0.372 e. The summed E-state index contributed by atoms with van der Waals surface area (Å²) in [5.41, 5.74) is 7.68. The van der Waals surface area contributed by atoms with E-state index in [9.17, 15) is 4.79 Å². The third kappa shape index (κ3) is 6.21. The number of allylic oxidation sites excluding steroid dienone is 1. The molecule has 36 heavy (non-hydrogen) atoms. The molecule has 2 heterocycles. The number of H-pyrrole nitrogens is 1. The van der Waals surface area contributed by atoms with Crippen LogP contribution in [0.25, 0.3) is 11.7 Å². The zero-order valence-corrected chi connectivity index (χ0v) is 23.2. The molecule has 0 fully saturated rings. The second-order valence-electron chi connectivity index (χ2n) is 9.60. The minimum atomic E-state index is 0.0337. The van der Waals surface area contributed by atoms with E-state index in [0.717, 1.165) is 98.3 Å². The molecule has 0 radical (unpaired) electrons. The molecule has 0 saturated carbocycles. The van der Waals surface area contributed by atoms with E-state index in [2.05, 4.69) is 87.2 Å². The first-order valence-corrected chi connectivity index (χ1v) is 13.9. The number of aromatic amines is 1. The van der Waals surface area contributed by atoms with Gasteiger partial charge in [-0.25, -0.2) is 4.98 Å². The summed E-state index contributed by atoms with van der Waals surface area (Å²) in [6.45, 7) is 15.0. The van der Waals surface area contributed by atoms with E-state index >= 15 is 0 Å². The molecule has 3 aromatic rings. The first-order chi connectivity index (χ1) is 17.5. The van der Waals surface area contributed by atoms with E-state index in [4.69, 9.17) is 4.98 Å². The zero-order valence-electron chi connectivity index (χ0n) is 23.2. The number of aromatic nitrogens is 3. The van der Waals surface area contributed by atoms with Gasteiger partial charge in [0.1, 0.15) is 5.69 Å². The van der Waals surface area contributed by atoms with Gasteiger partial charge in [-0.1, -0.05) is 46.1 Å². The Hall–Kier alpha value is -3.02. The molecule has 0 atom stereocenters. The maximum Gasteiger partial charge on any atom is 0.276 e. The third-order valence-electron chi connectivity index (χ3n) is 6.87. The van der Waals surface area contributed by atoms with Gasteiger partial charge in [-0.3, -0.25) is 9.89 Å². The number of nitrogens with zero attached hydrogens (tertiary/aromatic N) is 3. The van der Waals surface area contributed by atoms with Crippen molar-refractivity contribution in [1.29, 1.82) is 0 Å². The lowest BCUT2D eigenvalue weighted by atomic mass is 10.0. The molecule has 6 heteroatoms. The van der Waals surface area contributed by atoms with Crippen LogP contribution in [0.5, 0.6) is 0 Å². The van der Waals surface area contributed by atoms with Crippen molar-refractivity contribution in [2.24, 2.45) is 0 Å². The summed E-state index contributed by atoms with van der Waals surface area (Å²) in [7, 11) is 0. The van der Waals surface area contributed by atoms with Gasteiger partial charge in [0.05, 0.1) is 11.4 Å². The number of hydrogen-bond donors (Lipinski definition) is 2. The van der Waals surface area contributed by atoms with Crippen molar-refractivity contribution in [3.63, 3.8) is 0 Å². The van der Waals surface area contributed by atoms with Crippen molar-refractivity contribution >= 4 is 28.8 Å². The monoisotopic (exact) mass is 491 g/mol. The molecular weight excluding hydrogens is 446 g/mol. The van der Waals surface area contributed by atoms with Crippen LogP contribution in [0.2, 0.25) is 0 Å². The van der Waals surface area contributed by atoms with Crippen LogP contribution in [-0.2, 0) is 12.8 Å². The van der Waals surface area contributed by atoms with Gasteiger partial charge in [0, 0.05) is 30.0 Å². The number of nitrogens with one attached hydrogen (secondary N) is 2. The number of hydrogen-bond acceptors (Lipinski definition) is 4. The maximum atomic E-state index is 13.7. The first kappa shape index (κ1) is 27.6. The maximum absolute atomic E-state index is 13.7. The highest BCUT2D eigenvalue weighted by molar-refractivity contribution is 5.83. The van der Waals surface area contributed by atoms with Crippen molar-refractivity contribution < 1.29 is 0 Å². The van der Waals surface area contributed by atoms with E-state index in [-0.39, 0.29) is 5.56 Å². The lowest BCUT2D eigenvalue weighted by molar-refractivity contribution is 0.719. The van der Waals surface area contributed by atoms with Crippen LogP contribution in [0.3, 0.4) is 0 Å². The number of aryl methyl sites for hydroxylation is 2. The number of rotatable bonds is 14. The summed E-state index contributed by atoms with van der Waals surface area (Å²) in [5, 5.41) is 7.01. The van der Waals surface area contributed by atoms with Gasteiger partial charge in [0.25, 0.3) is 5.56 Å². The molecule has 2 aromatic heterocycles. The van der Waals surface area contributed by atoms with Gasteiger partial charge in [0.15, 0.2) is 5.65 Å². The molecule has 196 valence electrons. The third-order valence-corrected chi connectivity index (χ3v) is 6.87. The van der Waals surface area contributed by atoms with E-state index in [1.807, 2.05) is 0 Å². The fourth-order valence-corrected chi connectivity index (χ4v) is 4.64. The Labute approximate surface area is 216 Å². The summed E-state index contributed by atoms with van der Waals surface area (Å²) < 4.78 is 1.65. The van der Waals surface area contributed by atoms with Crippen LogP contribution in [0, 0.1) is 6.92 Å². The SMILES string of the molecule is CCCC=Cc1[nH]n2c(=O)c(CCCC)c(CCCC)nc2c1Nc1ccc(N(CC)CC)cc1C. The summed E-state index contributed by atoms with van der Waals surface area (Å²) in [6, 6.07) is 6.53. The van der Waals surface area contributed by atoms with E-state index in [1.165, 1.54) is 5.69 Å². The van der Waals surface area contributed by atoms with Crippen LogP contribution in [0.1, 0.15) is 95.7 Å². The molecule has 0 aliphatic heterocycles. The summed E-state index contributed by atoms with van der Waals surface area (Å²) in [6.07, 6.45) is 12.1. The molecule has 6 nitrogen and oxygen atoms in total. The topological polar surface area (TPSA) is 65.4 Å². The summed E-state index contributed by atoms with van der Waals surface area (Å²) in [5.74, 6) is 0.